The second kappa shape index (κ2) is 4.33. The van der Waals surface area contributed by atoms with Gasteiger partial charge in [0.1, 0.15) is 6.29 Å². The minimum absolute atomic E-state index is 0.544. The molecule has 0 saturated carbocycles. The molecule has 1 aromatic heterocycles. The molecule has 0 bridgehead atoms. The Balaban J connectivity index is 2.53. The van der Waals surface area contributed by atoms with Crippen LogP contribution in [-0.2, 0) is 0 Å². The van der Waals surface area contributed by atoms with E-state index in [2.05, 4.69) is 4.98 Å². The van der Waals surface area contributed by atoms with Crippen molar-refractivity contribution in [2.24, 2.45) is 0 Å². The standard InChI is InChI=1S/C12H9ClN2O/c13-9-1-2-10(11(14)6-9)12-5-8(7-16)3-4-15-12/h1-7H,14H2. The molecule has 1 aromatic carbocycles. The molecule has 0 amide bonds. The Morgan fingerprint density at radius 1 is 1.25 bits per heavy atom. The van der Waals surface area contributed by atoms with E-state index in [0.717, 1.165) is 11.8 Å². The van der Waals surface area contributed by atoms with Crippen LogP contribution in [0.5, 0.6) is 0 Å². The van der Waals surface area contributed by atoms with Crippen molar-refractivity contribution in [1.82, 2.24) is 4.98 Å². The third kappa shape index (κ3) is 2.04. The molecule has 0 aliphatic heterocycles. The number of carbonyl (C=O) groups is 1. The molecule has 80 valence electrons. The molecule has 0 aliphatic carbocycles. The van der Waals surface area contributed by atoms with Crippen LogP contribution < -0.4 is 5.73 Å². The van der Waals surface area contributed by atoms with E-state index in [4.69, 9.17) is 17.3 Å². The van der Waals surface area contributed by atoms with Gasteiger partial charge in [0.05, 0.1) is 5.69 Å². The number of carbonyl (C=O) groups excluding carboxylic acids is 1. The van der Waals surface area contributed by atoms with Crippen molar-refractivity contribution in [2.45, 2.75) is 0 Å². The quantitative estimate of drug-likeness (QED) is 0.640. The fourth-order valence-corrected chi connectivity index (χ4v) is 1.61. The Morgan fingerprint density at radius 3 is 2.75 bits per heavy atom. The van der Waals surface area contributed by atoms with Gasteiger partial charge in [-0.25, -0.2) is 0 Å². The number of anilines is 1. The molecule has 1 heterocycles. The van der Waals surface area contributed by atoms with Crippen LogP contribution in [0.25, 0.3) is 11.3 Å². The van der Waals surface area contributed by atoms with Gasteiger partial charge in [-0.3, -0.25) is 9.78 Å². The summed E-state index contributed by atoms with van der Waals surface area (Å²) in [5.74, 6) is 0. The molecule has 0 fully saturated rings. The number of rotatable bonds is 2. The van der Waals surface area contributed by atoms with E-state index in [1.165, 1.54) is 0 Å². The van der Waals surface area contributed by atoms with E-state index >= 15 is 0 Å². The Kier molecular flexibility index (Phi) is 2.88. The smallest absolute Gasteiger partial charge is 0.150 e. The Morgan fingerprint density at radius 2 is 2.06 bits per heavy atom. The summed E-state index contributed by atoms with van der Waals surface area (Å²) in [4.78, 5) is 14.8. The first-order valence-electron chi connectivity index (χ1n) is 4.67. The van der Waals surface area contributed by atoms with Crippen LogP contribution >= 0.6 is 11.6 Å². The van der Waals surface area contributed by atoms with Crippen LogP contribution in [0.1, 0.15) is 10.4 Å². The minimum Gasteiger partial charge on any atom is -0.398 e. The highest BCUT2D eigenvalue weighted by atomic mass is 35.5. The van der Waals surface area contributed by atoms with Gasteiger partial charge >= 0.3 is 0 Å². The first-order valence-corrected chi connectivity index (χ1v) is 5.05. The predicted molar refractivity (Wildman–Crippen MR) is 64.5 cm³/mol. The summed E-state index contributed by atoms with van der Waals surface area (Å²) in [5, 5.41) is 0.577. The third-order valence-corrected chi connectivity index (χ3v) is 2.44. The van der Waals surface area contributed by atoms with Gasteiger partial charge in [-0.05, 0) is 30.3 Å². The topological polar surface area (TPSA) is 56.0 Å². The monoisotopic (exact) mass is 232 g/mol. The van der Waals surface area contributed by atoms with Crippen molar-refractivity contribution in [3.8, 4) is 11.3 Å². The van der Waals surface area contributed by atoms with E-state index in [0.29, 0.717) is 22.0 Å². The van der Waals surface area contributed by atoms with Gasteiger partial charge in [-0.15, -0.1) is 0 Å². The number of benzene rings is 1. The third-order valence-electron chi connectivity index (χ3n) is 2.21. The summed E-state index contributed by atoms with van der Waals surface area (Å²) in [5.41, 5.74) is 8.38. The van der Waals surface area contributed by atoms with E-state index in [9.17, 15) is 4.79 Å². The van der Waals surface area contributed by atoms with Crippen LogP contribution in [0.15, 0.2) is 36.5 Å². The zero-order valence-corrected chi connectivity index (χ0v) is 9.11. The maximum Gasteiger partial charge on any atom is 0.150 e. The molecule has 16 heavy (non-hydrogen) atoms. The van der Waals surface area contributed by atoms with Crippen LogP contribution in [0.4, 0.5) is 5.69 Å². The van der Waals surface area contributed by atoms with Crippen LogP contribution in [0.2, 0.25) is 5.02 Å². The molecule has 2 N–H and O–H groups in total. The average molecular weight is 233 g/mol. The van der Waals surface area contributed by atoms with E-state index in [1.807, 2.05) is 0 Å². The second-order valence-corrected chi connectivity index (χ2v) is 3.76. The molecule has 0 unspecified atom stereocenters. The number of hydrogen-bond acceptors (Lipinski definition) is 3. The Hall–Kier alpha value is -1.87. The lowest BCUT2D eigenvalue weighted by Crippen LogP contribution is -1.93. The Labute approximate surface area is 97.9 Å². The molecular weight excluding hydrogens is 224 g/mol. The van der Waals surface area contributed by atoms with Crippen LogP contribution in [-0.4, -0.2) is 11.3 Å². The first kappa shape index (κ1) is 10.6. The van der Waals surface area contributed by atoms with Crippen molar-refractivity contribution in [3.63, 3.8) is 0 Å². The van der Waals surface area contributed by atoms with E-state index in [-0.39, 0.29) is 0 Å². The van der Waals surface area contributed by atoms with Crippen molar-refractivity contribution >= 4 is 23.6 Å². The van der Waals surface area contributed by atoms with Gasteiger partial charge in [-0.1, -0.05) is 11.6 Å². The van der Waals surface area contributed by atoms with Gasteiger partial charge in [0.15, 0.2) is 0 Å². The lowest BCUT2D eigenvalue weighted by Gasteiger charge is -2.05. The highest BCUT2D eigenvalue weighted by Crippen LogP contribution is 2.27. The molecule has 2 rings (SSSR count). The molecule has 0 spiro atoms. The summed E-state index contributed by atoms with van der Waals surface area (Å²) in [6.07, 6.45) is 2.35. The van der Waals surface area contributed by atoms with Crippen LogP contribution in [0.3, 0.4) is 0 Å². The SMILES string of the molecule is Nc1cc(Cl)ccc1-c1cc(C=O)ccn1. The summed E-state index contributed by atoms with van der Waals surface area (Å²) < 4.78 is 0. The maximum atomic E-state index is 10.6. The number of aldehydes is 1. The number of halogens is 1. The number of hydrogen-bond donors (Lipinski definition) is 1. The van der Waals surface area contributed by atoms with Gasteiger partial charge in [0, 0.05) is 28.0 Å². The average Bonchev–Trinajstić information content (AvgIpc) is 2.29. The number of nitrogen functional groups attached to an aromatic ring is 1. The second-order valence-electron chi connectivity index (χ2n) is 3.32. The van der Waals surface area contributed by atoms with Crippen molar-refractivity contribution < 1.29 is 4.79 Å². The molecular formula is C12H9ClN2O. The highest BCUT2D eigenvalue weighted by Gasteiger charge is 2.05. The van der Waals surface area contributed by atoms with Crippen molar-refractivity contribution in [3.05, 3.63) is 47.1 Å². The van der Waals surface area contributed by atoms with E-state index < -0.39 is 0 Å². The first-order chi connectivity index (χ1) is 7.70. The maximum absolute atomic E-state index is 10.6. The lowest BCUT2D eigenvalue weighted by atomic mass is 10.1. The molecule has 4 heteroatoms. The zero-order chi connectivity index (χ0) is 11.5. The predicted octanol–water partition coefficient (Wildman–Crippen LogP) is 2.80. The molecule has 0 saturated heterocycles. The number of pyridine rings is 1. The number of aromatic nitrogens is 1. The Bertz CT molecular complexity index is 540. The van der Waals surface area contributed by atoms with Crippen molar-refractivity contribution in [2.75, 3.05) is 5.73 Å². The number of nitrogens with two attached hydrogens (primary N) is 1. The molecule has 0 aliphatic rings. The van der Waals surface area contributed by atoms with Gasteiger partial charge < -0.3 is 5.73 Å². The van der Waals surface area contributed by atoms with Gasteiger partial charge in [0.2, 0.25) is 0 Å². The normalized spacial score (nSPS) is 10.1. The zero-order valence-electron chi connectivity index (χ0n) is 8.35. The summed E-state index contributed by atoms with van der Waals surface area (Å²) in [6.45, 7) is 0. The van der Waals surface area contributed by atoms with E-state index in [1.54, 1.807) is 36.5 Å². The molecule has 3 nitrogen and oxygen atoms in total. The largest absolute Gasteiger partial charge is 0.398 e. The fourth-order valence-electron chi connectivity index (χ4n) is 1.43. The molecule has 2 aromatic rings. The molecule has 0 atom stereocenters. The summed E-state index contributed by atoms with van der Waals surface area (Å²) in [6, 6.07) is 8.51. The number of nitrogens with zero attached hydrogens (tertiary/aromatic N) is 1. The van der Waals surface area contributed by atoms with Gasteiger partial charge in [0.25, 0.3) is 0 Å². The van der Waals surface area contributed by atoms with Crippen molar-refractivity contribution in [1.29, 1.82) is 0 Å². The van der Waals surface area contributed by atoms with Crippen LogP contribution in [0, 0.1) is 0 Å². The molecule has 0 radical (unpaired) electrons. The lowest BCUT2D eigenvalue weighted by molar-refractivity contribution is 0.112. The fraction of sp³-hybridized carbons (Fsp3) is 0. The summed E-state index contributed by atoms with van der Waals surface area (Å²) in [7, 11) is 0. The minimum atomic E-state index is 0.544. The summed E-state index contributed by atoms with van der Waals surface area (Å²) >= 11 is 5.81. The van der Waals surface area contributed by atoms with Gasteiger partial charge in [-0.2, -0.15) is 0 Å². The highest BCUT2D eigenvalue weighted by molar-refractivity contribution is 6.31.